The lowest BCUT2D eigenvalue weighted by Gasteiger charge is -2.27. The molecule has 1 amide bonds. The fourth-order valence-corrected chi connectivity index (χ4v) is 2.05. The van der Waals surface area contributed by atoms with Gasteiger partial charge in [-0.1, -0.05) is 0 Å². The fourth-order valence-electron chi connectivity index (χ4n) is 2.05. The van der Waals surface area contributed by atoms with Gasteiger partial charge in [0.05, 0.1) is 13.2 Å². The second-order valence-corrected chi connectivity index (χ2v) is 4.07. The SMILES string of the molecule is NC(=O)c1cc2c(N3CCOCC3)nccn2n1. The van der Waals surface area contributed by atoms with Crippen molar-refractivity contribution in [2.24, 2.45) is 5.73 Å². The third-order valence-electron chi connectivity index (χ3n) is 2.93. The Labute approximate surface area is 103 Å². The molecule has 3 heterocycles. The molecule has 0 atom stereocenters. The molecule has 0 saturated carbocycles. The third-order valence-corrected chi connectivity index (χ3v) is 2.93. The number of amides is 1. The number of anilines is 1. The van der Waals surface area contributed by atoms with Gasteiger partial charge in [-0.25, -0.2) is 9.50 Å². The fraction of sp³-hybridized carbons (Fsp3) is 0.364. The lowest BCUT2D eigenvalue weighted by molar-refractivity contribution is 0.0995. The maximum absolute atomic E-state index is 11.2. The van der Waals surface area contributed by atoms with E-state index < -0.39 is 5.91 Å². The standard InChI is InChI=1S/C11H13N5O2/c12-10(17)8-7-9-11(13-1-2-16(9)14-8)15-3-5-18-6-4-15/h1-2,7H,3-6H2,(H2,12,17). The van der Waals surface area contributed by atoms with Crippen LogP contribution in [0.3, 0.4) is 0 Å². The summed E-state index contributed by atoms with van der Waals surface area (Å²) in [5.74, 6) is 0.271. The number of morpholine rings is 1. The van der Waals surface area contributed by atoms with Crippen LogP contribution < -0.4 is 10.6 Å². The van der Waals surface area contributed by atoms with E-state index in [2.05, 4.69) is 15.0 Å². The molecule has 94 valence electrons. The van der Waals surface area contributed by atoms with Gasteiger partial charge < -0.3 is 15.4 Å². The molecule has 1 fully saturated rings. The van der Waals surface area contributed by atoms with Crippen LogP contribution >= 0.6 is 0 Å². The quantitative estimate of drug-likeness (QED) is 0.785. The summed E-state index contributed by atoms with van der Waals surface area (Å²) in [6.45, 7) is 2.92. The van der Waals surface area contributed by atoms with Crippen molar-refractivity contribution in [3.8, 4) is 0 Å². The van der Waals surface area contributed by atoms with Crippen LogP contribution in [0.25, 0.3) is 5.52 Å². The van der Waals surface area contributed by atoms with Crippen LogP contribution in [0.1, 0.15) is 10.5 Å². The van der Waals surface area contributed by atoms with Gasteiger partial charge in [0.25, 0.3) is 5.91 Å². The normalized spacial score (nSPS) is 16.1. The summed E-state index contributed by atoms with van der Waals surface area (Å²) in [6.07, 6.45) is 3.36. The molecule has 0 aromatic carbocycles. The van der Waals surface area contributed by atoms with Gasteiger partial charge in [0.1, 0.15) is 5.52 Å². The number of fused-ring (bicyclic) bond motifs is 1. The van der Waals surface area contributed by atoms with Crippen molar-refractivity contribution >= 4 is 17.2 Å². The van der Waals surface area contributed by atoms with Crippen LogP contribution in [0.4, 0.5) is 5.82 Å². The minimum absolute atomic E-state index is 0.248. The van der Waals surface area contributed by atoms with E-state index in [4.69, 9.17) is 10.5 Å². The zero-order valence-corrected chi connectivity index (χ0v) is 9.74. The first-order valence-electron chi connectivity index (χ1n) is 5.72. The Kier molecular flexibility index (Phi) is 2.60. The van der Waals surface area contributed by atoms with Crippen LogP contribution in [0.15, 0.2) is 18.5 Å². The van der Waals surface area contributed by atoms with Crippen molar-refractivity contribution in [1.29, 1.82) is 0 Å². The first kappa shape index (κ1) is 11.0. The summed E-state index contributed by atoms with van der Waals surface area (Å²) < 4.78 is 6.93. The number of hydrogen-bond acceptors (Lipinski definition) is 5. The molecule has 1 saturated heterocycles. The van der Waals surface area contributed by atoms with Crippen molar-refractivity contribution in [1.82, 2.24) is 14.6 Å². The molecule has 0 bridgehead atoms. The van der Waals surface area contributed by atoms with E-state index in [1.807, 2.05) is 0 Å². The lowest BCUT2D eigenvalue weighted by atomic mass is 10.3. The van der Waals surface area contributed by atoms with E-state index in [-0.39, 0.29) is 5.69 Å². The largest absolute Gasteiger partial charge is 0.378 e. The average molecular weight is 247 g/mol. The summed E-state index contributed by atoms with van der Waals surface area (Å²) in [6, 6.07) is 1.67. The Balaban J connectivity index is 2.07. The van der Waals surface area contributed by atoms with Gasteiger partial charge in [-0.2, -0.15) is 5.10 Å². The highest BCUT2D eigenvalue weighted by Gasteiger charge is 2.17. The van der Waals surface area contributed by atoms with E-state index >= 15 is 0 Å². The number of primary amides is 1. The lowest BCUT2D eigenvalue weighted by Crippen LogP contribution is -2.37. The number of ether oxygens (including phenoxy) is 1. The van der Waals surface area contributed by atoms with Gasteiger partial charge in [-0.05, 0) is 0 Å². The van der Waals surface area contributed by atoms with Gasteiger partial charge in [0.2, 0.25) is 0 Å². The molecule has 2 N–H and O–H groups in total. The third kappa shape index (κ3) is 1.78. The minimum Gasteiger partial charge on any atom is -0.378 e. The molecule has 1 aliphatic heterocycles. The van der Waals surface area contributed by atoms with E-state index in [0.717, 1.165) is 24.4 Å². The van der Waals surface area contributed by atoms with E-state index in [1.54, 1.807) is 23.0 Å². The number of carbonyl (C=O) groups excluding carboxylic acids is 1. The molecule has 18 heavy (non-hydrogen) atoms. The molecular formula is C11H13N5O2. The van der Waals surface area contributed by atoms with Gasteiger partial charge in [0.15, 0.2) is 11.5 Å². The predicted octanol–water partition coefficient (Wildman–Crippen LogP) is -0.335. The zero-order chi connectivity index (χ0) is 12.5. The van der Waals surface area contributed by atoms with Crippen LogP contribution in [-0.2, 0) is 4.74 Å². The number of aromatic nitrogens is 3. The molecule has 1 aliphatic rings. The Morgan fingerprint density at radius 3 is 2.89 bits per heavy atom. The summed E-state index contributed by atoms with van der Waals surface area (Å²) in [7, 11) is 0. The van der Waals surface area contributed by atoms with Crippen LogP contribution in [-0.4, -0.2) is 46.8 Å². The first-order chi connectivity index (χ1) is 8.75. The minimum atomic E-state index is -0.536. The predicted molar refractivity (Wildman–Crippen MR) is 64.5 cm³/mol. The molecule has 7 nitrogen and oxygen atoms in total. The van der Waals surface area contributed by atoms with Crippen molar-refractivity contribution < 1.29 is 9.53 Å². The summed E-state index contributed by atoms with van der Waals surface area (Å²) in [5, 5.41) is 4.11. The second-order valence-electron chi connectivity index (χ2n) is 4.07. The molecule has 3 rings (SSSR count). The molecule has 2 aromatic rings. The van der Waals surface area contributed by atoms with Crippen molar-refractivity contribution in [2.75, 3.05) is 31.2 Å². The Morgan fingerprint density at radius 1 is 1.39 bits per heavy atom. The number of nitrogens with zero attached hydrogens (tertiary/aromatic N) is 4. The topological polar surface area (TPSA) is 85.8 Å². The van der Waals surface area contributed by atoms with Crippen LogP contribution in [0, 0.1) is 0 Å². The maximum Gasteiger partial charge on any atom is 0.269 e. The second kappa shape index (κ2) is 4.26. The van der Waals surface area contributed by atoms with Crippen molar-refractivity contribution in [3.05, 3.63) is 24.2 Å². The van der Waals surface area contributed by atoms with Gasteiger partial charge in [-0.3, -0.25) is 4.79 Å². The molecule has 0 aliphatic carbocycles. The van der Waals surface area contributed by atoms with E-state index in [0.29, 0.717) is 13.2 Å². The smallest absolute Gasteiger partial charge is 0.269 e. The van der Waals surface area contributed by atoms with Crippen molar-refractivity contribution in [3.63, 3.8) is 0 Å². The highest BCUT2D eigenvalue weighted by atomic mass is 16.5. The number of hydrogen-bond donors (Lipinski definition) is 1. The van der Waals surface area contributed by atoms with E-state index in [9.17, 15) is 4.79 Å². The van der Waals surface area contributed by atoms with Crippen LogP contribution in [0.2, 0.25) is 0 Å². The molecule has 7 heteroatoms. The van der Waals surface area contributed by atoms with E-state index in [1.165, 1.54) is 0 Å². The molecule has 2 aromatic heterocycles. The van der Waals surface area contributed by atoms with Gasteiger partial charge in [0, 0.05) is 31.5 Å². The maximum atomic E-state index is 11.2. The summed E-state index contributed by atoms with van der Waals surface area (Å²) in [4.78, 5) is 17.6. The Hall–Kier alpha value is -2.15. The zero-order valence-electron chi connectivity index (χ0n) is 9.74. The Morgan fingerprint density at radius 2 is 2.17 bits per heavy atom. The molecule has 0 unspecified atom stereocenters. The number of nitrogens with two attached hydrogens (primary N) is 1. The molecule has 0 radical (unpaired) electrons. The highest BCUT2D eigenvalue weighted by molar-refractivity contribution is 5.93. The van der Waals surface area contributed by atoms with Gasteiger partial charge >= 0.3 is 0 Å². The highest BCUT2D eigenvalue weighted by Crippen LogP contribution is 2.20. The number of rotatable bonds is 2. The Bertz CT molecular complexity index is 588. The van der Waals surface area contributed by atoms with Gasteiger partial charge in [-0.15, -0.1) is 0 Å². The first-order valence-corrected chi connectivity index (χ1v) is 5.72. The summed E-state index contributed by atoms with van der Waals surface area (Å²) >= 11 is 0. The summed E-state index contributed by atoms with van der Waals surface area (Å²) in [5.41, 5.74) is 6.27. The average Bonchev–Trinajstić information content (AvgIpc) is 2.83. The monoisotopic (exact) mass is 247 g/mol. The number of carbonyl (C=O) groups is 1. The van der Waals surface area contributed by atoms with Crippen molar-refractivity contribution in [2.45, 2.75) is 0 Å². The molecular weight excluding hydrogens is 234 g/mol. The van der Waals surface area contributed by atoms with Crippen LogP contribution in [0.5, 0.6) is 0 Å². The molecule has 0 spiro atoms.